The van der Waals surface area contributed by atoms with Crippen LogP contribution in [0.5, 0.6) is 0 Å². The van der Waals surface area contributed by atoms with Gasteiger partial charge in [0.15, 0.2) is 0 Å². The molecule has 106 valence electrons. The van der Waals surface area contributed by atoms with E-state index in [2.05, 4.69) is 5.32 Å². The number of aliphatic carboxylic acids is 1. The van der Waals surface area contributed by atoms with Gasteiger partial charge in [0.25, 0.3) is 5.92 Å². The molecule has 0 radical (unpaired) electrons. The molecule has 1 aromatic carbocycles. The Bertz CT molecular complexity index is 407. The SMILES string of the molecule is CC(C)C(F)(F)[C@H](CNCc1ccccc1)C(=O)O. The summed E-state index contributed by atoms with van der Waals surface area (Å²) < 4.78 is 27.5. The predicted octanol–water partition coefficient (Wildman–Crippen LogP) is 2.77. The number of benzene rings is 1. The lowest BCUT2D eigenvalue weighted by Crippen LogP contribution is -2.44. The number of carbonyl (C=O) groups is 1. The molecule has 5 heteroatoms. The number of halogens is 2. The highest BCUT2D eigenvalue weighted by Crippen LogP contribution is 2.32. The zero-order chi connectivity index (χ0) is 14.5. The molecular formula is C14H19F2NO2. The normalized spacial score (nSPS) is 13.5. The predicted molar refractivity (Wildman–Crippen MR) is 69.1 cm³/mol. The van der Waals surface area contributed by atoms with E-state index in [4.69, 9.17) is 5.11 Å². The summed E-state index contributed by atoms with van der Waals surface area (Å²) in [5, 5.41) is 11.7. The van der Waals surface area contributed by atoms with Gasteiger partial charge in [0.2, 0.25) is 0 Å². The molecule has 0 saturated carbocycles. The Kier molecular flexibility index (Phi) is 5.42. The maximum atomic E-state index is 13.8. The van der Waals surface area contributed by atoms with Gasteiger partial charge in [-0.2, -0.15) is 0 Å². The van der Waals surface area contributed by atoms with Crippen LogP contribution in [0.2, 0.25) is 0 Å². The van der Waals surface area contributed by atoms with Crippen LogP contribution in [0.4, 0.5) is 8.78 Å². The van der Waals surface area contributed by atoms with Gasteiger partial charge in [-0.1, -0.05) is 44.2 Å². The Morgan fingerprint density at radius 2 is 1.89 bits per heavy atom. The molecule has 1 aromatic rings. The Morgan fingerprint density at radius 3 is 2.37 bits per heavy atom. The van der Waals surface area contributed by atoms with Crippen molar-refractivity contribution in [1.82, 2.24) is 5.32 Å². The van der Waals surface area contributed by atoms with Crippen molar-refractivity contribution in [2.24, 2.45) is 11.8 Å². The minimum atomic E-state index is -3.23. The van der Waals surface area contributed by atoms with Crippen LogP contribution >= 0.6 is 0 Å². The number of hydrogen-bond donors (Lipinski definition) is 2. The molecule has 0 aliphatic heterocycles. The quantitative estimate of drug-likeness (QED) is 0.801. The first-order valence-corrected chi connectivity index (χ1v) is 6.21. The van der Waals surface area contributed by atoms with Crippen molar-refractivity contribution in [2.45, 2.75) is 26.3 Å². The maximum absolute atomic E-state index is 13.8. The average Bonchev–Trinajstić information content (AvgIpc) is 2.35. The van der Waals surface area contributed by atoms with Crippen molar-refractivity contribution < 1.29 is 18.7 Å². The molecule has 2 N–H and O–H groups in total. The second-order valence-electron chi connectivity index (χ2n) is 4.84. The third-order valence-electron chi connectivity index (χ3n) is 3.05. The van der Waals surface area contributed by atoms with E-state index in [-0.39, 0.29) is 6.54 Å². The van der Waals surface area contributed by atoms with Crippen molar-refractivity contribution in [3.05, 3.63) is 35.9 Å². The van der Waals surface area contributed by atoms with Gasteiger partial charge in [-0.05, 0) is 5.56 Å². The Hall–Kier alpha value is -1.49. The lowest BCUT2D eigenvalue weighted by atomic mass is 9.92. The summed E-state index contributed by atoms with van der Waals surface area (Å²) >= 11 is 0. The molecule has 1 rings (SSSR count). The highest BCUT2D eigenvalue weighted by atomic mass is 19.3. The van der Waals surface area contributed by atoms with Crippen LogP contribution in [0.25, 0.3) is 0 Å². The minimum absolute atomic E-state index is 0.255. The average molecular weight is 271 g/mol. The van der Waals surface area contributed by atoms with Gasteiger partial charge in [-0.15, -0.1) is 0 Å². The Labute approximate surface area is 111 Å². The molecular weight excluding hydrogens is 252 g/mol. The first kappa shape index (κ1) is 15.6. The fourth-order valence-electron chi connectivity index (χ4n) is 1.75. The van der Waals surface area contributed by atoms with Gasteiger partial charge < -0.3 is 10.4 Å². The highest BCUT2D eigenvalue weighted by Gasteiger charge is 2.46. The van der Waals surface area contributed by atoms with Gasteiger partial charge >= 0.3 is 5.97 Å². The van der Waals surface area contributed by atoms with Crippen LogP contribution < -0.4 is 5.32 Å². The Morgan fingerprint density at radius 1 is 1.32 bits per heavy atom. The van der Waals surface area contributed by atoms with Crippen LogP contribution in [0, 0.1) is 11.8 Å². The number of alkyl halides is 2. The zero-order valence-electron chi connectivity index (χ0n) is 11.1. The molecule has 0 aliphatic carbocycles. The van der Waals surface area contributed by atoms with Gasteiger partial charge in [-0.25, -0.2) is 8.78 Å². The number of nitrogens with one attached hydrogen (secondary N) is 1. The largest absolute Gasteiger partial charge is 0.481 e. The molecule has 0 amide bonds. The summed E-state index contributed by atoms with van der Waals surface area (Å²) in [5.41, 5.74) is 0.930. The minimum Gasteiger partial charge on any atom is -0.481 e. The summed E-state index contributed by atoms with van der Waals surface area (Å²) in [6.07, 6.45) is 0. The highest BCUT2D eigenvalue weighted by molar-refractivity contribution is 5.71. The fourth-order valence-corrected chi connectivity index (χ4v) is 1.75. The topological polar surface area (TPSA) is 49.3 Å². The van der Waals surface area contributed by atoms with Crippen molar-refractivity contribution in [2.75, 3.05) is 6.54 Å². The number of hydrogen-bond acceptors (Lipinski definition) is 2. The zero-order valence-corrected chi connectivity index (χ0v) is 11.1. The summed E-state index contributed by atoms with van der Waals surface area (Å²) in [6.45, 7) is 2.77. The lowest BCUT2D eigenvalue weighted by Gasteiger charge is -2.27. The van der Waals surface area contributed by atoms with E-state index in [1.54, 1.807) is 0 Å². The molecule has 0 unspecified atom stereocenters. The van der Waals surface area contributed by atoms with Gasteiger partial charge in [0.1, 0.15) is 5.92 Å². The van der Waals surface area contributed by atoms with Crippen LogP contribution in [0.15, 0.2) is 30.3 Å². The van der Waals surface area contributed by atoms with Gasteiger partial charge in [0, 0.05) is 19.0 Å². The summed E-state index contributed by atoms with van der Waals surface area (Å²) in [5.74, 6) is -7.42. The Balaban J connectivity index is 2.59. The molecule has 0 heterocycles. The second kappa shape index (κ2) is 6.61. The molecule has 3 nitrogen and oxygen atoms in total. The lowest BCUT2D eigenvalue weighted by molar-refractivity contribution is -0.163. The van der Waals surface area contributed by atoms with Gasteiger partial charge in [0.05, 0.1) is 0 Å². The first-order valence-electron chi connectivity index (χ1n) is 6.21. The van der Waals surface area contributed by atoms with E-state index in [1.807, 2.05) is 30.3 Å². The van der Waals surface area contributed by atoms with Gasteiger partial charge in [-0.3, -0.25) is 4.79 Å². The third-order valence-corrected chi connectivity index (χ3v) is 3.05. The van der Waals surface area contributed by atoms with Crippen LogP contribution in [0.1, 0.15) is 19.4 Å². The van der Waals surface area contributed by atoms with Crippen LogP contribution in [0.3, 0.4) is 0 Å². The fraction of sp³-hybridized carbons (Fsp3) is 0.500. The van der Waals surface area contributed by atoms with Crippen molar-refractivity contribution in [3.63, 3.8) is 0 Å². The molecule has 0 spiro atoms. The monoisotopic (exact) mass is 271 g/mol. The van der Waals surface area contributed by atoms with E-state index >= 15 is 0 Å². The maximum Gasteiger partial charge on any atom is 0.313 e. The molecule has 1 atom stereocenters. The molecule has 19 heavy (non-hydrogen) atoms. The summed E-state index contributed by atoms with van der Waals surface area (Å²) in [4.78, 5) is 11.0. The molecule has 0 bridgehead atoms. The molecule has 0 saturated heterocycles. The standard InChI is InChI=1S/C14H19F2NO2/c1-10(2)14(15,16)12(13(18)19)9-17-8-11-6-4-3-5-7-11/h3-7,10,12,17H,8-9H2,1-2H3,(H,18,19)/t12-/m1/s1. The van der Waals surface area contributed by atoms with Crippen LogP contribution in [-0.4, -0.2) is 23.5 Å². The first-order chi connectivity index (χ1) is 8.85. The van der Waals surface area contributed by atoms with Crippen molar-refractivity contribution in [1.29, 1.82) is 0 Å². The van der Waals surface area contributed by atoms with Crippen molar-refractivity contribution in [3.8, 4) is 0 Å². The second-order valence-corrected chi connectivity index (χ2v) is 4.84. The summed E-state index contributed by atoms with van der Waals surface area (Å²) in [7, 11) is 0. The summed E-state index contributed by atoms with van der Waals surface area (Å²) in [6, 6.07) is 9.24. The van der Waals surface area contributed by atoms with Crippen molar-refractivity contribution >= 4 is 5.97 Å². The number of carboxylic acids is 1. The van der Waals surface area contributed by atoms with E-state index in [0.717, 1.165) is 5.56 Å². The van der Waals surface area contributed by atoms with Crippen LogP contribution in [-0.2, 0) is 11.3 Å². The molecule has 0 fully saturated rings. The third kappa shape index (κ3) is 4.28. The molecule has 0 aromatic heterocycles. The smallest absolute Gasteiger partial charge is 0.313 e. The number of carboxylic acid groups (broad SMARTS) is 1. The van der Waals surface area contributed by atoms with E-state index in [9.17, 15) is 13.6 Å². The van der Waals surface area contributed by atoms with E-state index < -0.39 is 23.7 Å². The number of rotatable bonds is 7. The molecule has 0 aliphatic rings. The van der Waals surface area contributed by atoms with E-state index in [1.165, 1.54) is 13.8 Å². The van der Waals surface area contributed by atoms with E-state index in [0.29, 0.717) is 6.54 Å².